The molecule has 2 unspecified atom stereocenters. The molecule has 2 aromatic carbocycles. The van der Waals surface area contributed by atoms with Crippen LogP contribution in [0.5, 0.6) is 11.5 Å². The van der Waals surface area contributed by atoms with Crippen LogP contribution in [0.1, 0.15) is 23.5 Å². The summed E-state index contributed by atoms with van der Waals surface area (Å²) in [5.41, 5.74) is -0.156. The van der Waals surface area contributed by atoms with Gasteiger partial charge in [0, 0.05) is 0 Å². The minimum atomic E-state index is -4.51. The lowest BCUT2D eigenvalue weighted by Crippen LogP contribution is -2.25. The number of benzene rings is 2. The molecule has 2 aromatic rings. The highest BCUT2D eigenvalue weighted by molar-refractivity contribution is 6.32. The molecule has 0 heterocycles. The van der Waals surface area contributed by atoms with E-state index in [1.807, 2.05) is 0 Å². The van der Waals surface area contributed by atoms with Crippen LogP contribution in [0.15, 0.2) is 42.5 Å². The maximum atomic E-state index is 12.7. The largest absolute Gasteiger partial charge is 0.491 e. The number of aliphatic hydroxyl groups is 1. The molecule has 31 heavy (non-hydrogen) atoms. The Labute approximate surface area is 182 Å². The molecular formula is C22H20ClF3O5. The summed E-state index contributed by atoms with van der Waals surface area (Å²) < 4.78 is 53.3. The number of methoxy groups -OCH3 is 1. The van der Waals surface area contributed by atoms with Gasteiger partial charge in [0.15, 0.2) is 0 Å². The number of rotatable bonds is 9. The summed E-state index contributed by atoms with van der Waals surface area (Å²) in [4.78, 5) is 11.4. The topological polar surface area (TPSA) is 65.0 Å². The van der Waals surface area contributed by atoms with Gasteiger partial charge in [0.2, 0.25) is 0 Å². The Hall–Kier alpha value is -2.89. The SMILES string of the molecule is C#CC(CC(=O)OC)c1ccc(OCC(O)COc2ccc(C(F)(F)F)cc2Cl)cc1. The molecule has 5 nitrogen and oxygen atoms in total. The van der Waals surface area contributed by atoms with Crippen LogP contribution in [0.25, 0.3) is 0 Å². The second-order valence-electron chi connectivity index (χ2n) is 6.49. The van der Waals surface area contributed by atoms with Crippen molar-refractivity contribution in [2.24, 2.45) is 0 Å². The van der Waals surface area contributed by atoms with Gasteiger partial charge < -0.3 is 19.3 Å². The van der Waals surface area contributed by atoms with Gasteiger partial charge in [-0.2, -0.15) is 13.2 Å². The number of esters is 1. The third kappa shape index (κ3) is 7.39. The lowest BCUT2D eigenvalue weighted by Gasteiger charge is -2.16. The van der Waals surface area contributed by atoms with Gasteiger partial charge in [-0.25, -0.2) is 0 Å². The number of hydrogen-bond acceptors (Lipinski definition) is 5. The number of carbonyl (C=O) groups excluding carboxylic acids is 1. The molecule has 0 aliphatic carbocycles. The van der Waals surface area contributed by atoms with E-state index >= 15 is 0 Å². The van der Waals surface area contributed by atoms with Crippen molar-refractivity contribution in [1.29, 1.82) is 0 Å². The van der Waals surface area contributed by atoms with Crippen LogP contribution >= 0.6 is 11.6 Å². The van der Waals surface area contributed by atoms with Gasteiger partial charge in [-0.1, -0.05) is 29.7 Å². The molecule has 0 amide bonds. The number of hydrogen-bond donors (Lipinski definition) is 1. The fourth-order valence-electron chi connectivity index (χ4n) is 2.54. The van der Waals surface area contributed by atoms with E-state index in [-0.39, 0.29) is 30.4 Å². The average Bonchev–Trinajstić information content (AvgIpc) is 2.74. The van der Waals surface area contributed by atoms with E-state index in [1.54, 1.807) is 24.3 Å². The Morgan fingerprint density at radius 2 is 1.81 bits per heavy atom. The zero-order valence-electron chi connectivity index (χ0n) is 16.5. The van der Waals surface area contributed by atoms with Crippen LogP contribution in [0, 0.1) is 12.3 Å². The second kappa shape index (κ2) is 10.9. The number of terminal acetylenes is 1. The molecule has 0 aliphatic heterocycles. The molecule has 0 saturated heterocycles. The summed E-state index contributed by atoms with van der Waals surface area (Å²) in [6.45, 7) is -0.361. The van der Waals surface area contributed by atoms with Crippen LogP contribution in [-0.4, -0.2) is 37.5 Å². The van der Waals surface area contributed by atoms with Crippen LogP contribution in [0.2, 0.25) is 5.02 Å². The number of halogens is 4. The quantitative estimate of drug-likeness (QED) is 0.446. The Balaban J connectivity index is 1.85. The molecule has 1 N–H and O–H groups in total. The first-order valence-corrected chi connectivity index (χ1v) is 9.45. The first-order chi connectivity index (χ1) is 14.6. The molecule has 0 spiro atoms. The molecule has 2 rings (SSSR count). The van der Waals surface area contributed by atoms with Crippen molar-refractivity contribution in [3.63, 3.8) is 0 Å². The Kier molecular flexibility index (Phi) is 8.60. The summed E-state index contributed by atoms with van der Waals surface area (Å²) in [7, 11) is 1.29. The fraction of sp³-hybridized carbons (Fsp3) is 0.318. The Morgan fingerprint density at radius 3 is 2.35 bits per heavy atom. The van der Waals surface area contributed by atoms with E-state index in [1.165, 1.54) is 7.11 Å². The van der Waals surface area contributed by atoms with Gasteiger partial charge >= 0.3 is 12.1 Å². The Bertz CT molecular complexity index is 922. The van der Waals surface area contributed by atoms with E-state index in [0.717, 1.165) is 23.8 Å². The van der Waals surface area contributed by atoms with Crippen molar-refractivity contribution in [1.82, 2.24) is 0 Å². The van der Waals surface area contributed by atoms with E-state index in [4.69, 9.17) is 27.5 Å². The molecule has 9 heteroatoms. The van der Waals surface area contributed by atoms with Crippen molar-refractivity contribution in [3.05, 3.63) is 58.6 Å². The molecular weight excluding hydrogens is 437 g/mol. The van der Waals surface area contributed by atoms with E-state index in [2.05, 4.69) is 10.7 Å². The normalized spacial score (nSPS) is 13.1. The maximum Gasteiger partial charge on any atom is 0.416 e. The molecule has 0 aliphatic rings. The van der Waals surface area contributed by atoms with Crippen LogP contribution in [0.4, 0.5) is 13.2 Å². The number of carbonyl (C=O) groups is 1. The molecule has 0 saturated carbocycles. The van der Waals surface area contributed by atoms with E-state index in [9.17, 15) is 23.1 Å². The first kappa shape index (κ1) is 24.4. The van der Waals surface area contributed by atoms with E-state index in [0.29, 0.717) is 5.75 Å². The summed E-state index contributed by atoms with van der Waals surface area (Å²) in [5, 5.41) is 9.79. The summed E-state index contributed by atoms with van der Waals surface area (Å²) >= 11 is 5.80. The minimum Gasteiger partial charge on any atom is -0.491 e. The highest BCUT2D eigenvalue weighted by Crippen LogP contribution is 2.34. The van der Waals surface area contributed by atoms with Gasteiger partial charge in [-0.15, -0.1) is 6.42 Å². The van der Waals surface area contributed by atoms with Crippen molar-refractivity contribution >= 4 is 17.6 Å². The zero-order chi connectivity index (χ0) is 23.0. The van der Waals surface area contributed by atoms with Crippen molar-refractivity contribution in [3.8, 4) is 23.8 Å². The number of alkyl halides is 3. The third-order valence-corrected chi connectivity index (χ3v) is 4.51. The smallest absolute Gasteiger partial charge is 0.416 e. The lowest BCUT2D eigenvalue weighted by molar-refractivity contribution is -0.141. The fourth-order valence-corrected chi connectivity index (χ4v) is 2.78. The first-order valence-electron chi connectivity index (χ1n) is 9.07. The van der Waals surface area contributed by atoms with Crippen molar-refractivity contribution in [2.45, 2.75) is 24.6 Å². The van der Waals surface area contributed by atoms with Gasteiger partial charge in [-0.05, 0) is 35.9 Å². The standard InChI is InChI=1S/C22H20ClF3O5/c1-3-14(10-21(28)29-2)15-4-7-18(8-5-15)30-12-17(27)13-31-20-9-6-16(11-19(20)23)22(24,25)26/h1,4-9,11,14,17,27H,10,12-13H2,2H3. The summed E-state index contributed by atoms with van der Waals surface area (Å²) in [5.74, 6) is 2.14. The molecule has 2 atom stereocenters. The Morgan fingerprint density at radius 1 is 1.16 bits per heavy atom. The lowest BCUT2D eigenvalue weighted by atomic mass is 9.96. The number of aliphatic hydroxyl groups excluding tert-OH is 1. The number of ether oxygens (including phenoxy) is 3. The average molecular weight is 457 g/mol. The predicted octanol–water partition coefficient (Wildman–Crippen LogP) is 4.46. The van der Waals surface area contributed by atoms with Gasteiger partial charge in [0.1, 0.15) is 30.8 Å². The highest BCUT2D eigenvalue weighted by Gasteiger charge is 2.31. The molecule has 0 fully saturated rings. The van der Waals surface area contributed by atoms with Crippen molar-refractivity contribution in [2.75, 3.05) is 20.3 Å². The monoisotopic (exact) mass is 456 g/mol. The summed E-state index contributed by atoms with van der Waals surface area (Å²) in [6, 6.07) is 9.36. The van der Waals surface area contributed by atoms with Crippen LogP contribution < -0.4 is 9.47 Å². The zero-order valence-corrected chi connectivity index (χ0v) is 17.2. The summed E-state index contributed by atoms with van der Waals surface area (Å²) in [6.07, 6.45) is -0.0528. The molecule has 166 valence electrons. The van der Waals surface area contributed by atoms with Gasteiger partial charge in [-0.3, -0.25) is 4.79 Å². The van der Waals surface area contributed by atoms with E-state index < -0.39 is 29.7 Å². The third-order valence-electron chi connectivity index (χ3n) is 4.21. The highest BCUT2D eigenvalue weighted by atomic mass is 35.5. The molecule has 0 radical (unpaired) electrons. The minimum absolute atomic E-state index is 0.0176. The van der Waals surface area contributed by atoms with Gasteiger partial charge in [0.05, 0.1) is 30.0 Å². The van der Waals surface area contributed by atoms with Crippen LogP contribution in [0.3, 0.4) is 0 Å². The maximum absolute atomic E-state index is 12.7. The van der Waals surface area contributed by atoms with Crippen molar-refractivity contribution < 1.29 is 37.3 Å². The second-order valence-corrected chi connectivity index (χ2v) is 6.89. The predicted molar refractivity (Wildman–Crippen MR) is 108 cm³/mol. The van der Waals surface area contributed by atoms with Crippen LogP contribution in [-0.2, 0) is 15.7 Å². The molecule has 0 aromatic heterocycles. The molecule has 0 bridgehead atoms. The van der Waals surface area contributed by atoms with Gasteiger partial charge in [0.25, 0.3) is 0 Å².